The Morgan fingerprint density at radius 1 is 1.50 bits per heavy atom. The van der Waals surface area contributed by atoms with Crippen molar-refractivity contribution in [2.24, 2.45) is 0 Å². The molecule has 0 fully saturated rings. The number of phenolic OH excluding ortho intramolecular Hbond substituents is 1. The van der Waals surface area contributed by atoms with Gasteiger partial charge in [0.25, 0.3) is 0 Å². The van der Waals surface area contributed by atoms with E-state index >= 15 is 0 Å². The lowest BCUT2D eigenvalue weighted by Crippen LogP contribution is -1.87. The van der Waals surface area contributed by atoms with Gasteiger partial charge in [0.05, 0.1) is 5.69 Å². The van der Waals surface area contributed by atoms with Crippen LogP contribution >= 0.6 is 0 Å². The summed E-state index contributed by atoms with van der Waals surface area (Å²) in [4.78, 5) is 0. The fourth-order valence-electron chi connectivity index (χ4n) is 0.824. The van der Waals surface area contributed by atoms with Crippen LogP contribution in [-0.4, -0.2) is 5.11 Å². The summed E-state index contributed by atoms with van der Waals surface area (Å²) in [5.74, 6) is 0.164. The normalized spacial score (nSPS) is 9.70. The van der Waals surface area contributed by atoms with E-state index in [1.165, 1.54) is 0 Å². The first-order valence-electron chi connectivity index (χ1n) is 3.31. The highest BCUT2D eigenvalue weighted by molar-refractivity contribution is 5.53. The van der Waals surface area contributed by atoms with Crippen LogP contribution in [0.15, 0.2) is 18.2 Å². The van der Waals surface area contributed by atoms with Gasteiger partial charge in [0.1, 0.15) is 5.75 Å². The maximum atomic E-state index is 9.01. The fourth-order valence-corrected chi connectivity index (χ4v) is 0.824. The molecule has 0 aliphatic rings. The molecule has 0 atom stereocenters. The van der Waals surface area contributed by atoms with Crippen molar-refractivity contribution in [2.75, 3.05) is 5.73 Å². The maximum absolute atomic E-state index is 9.01. The number of hydrogen-bond acceptors (Lipinski definition) is 2. The van der Waals surface area contributed by atoms with E-state index in [1.54, 1.807) is 12.1 Å². The van der Waals surface area contributed by atoms with Gasteiger partial charge in [-0.3, -0.25) is 0 Å². The van der Waals surface area contributed by atoms with Crippen LogP contribution in [0.1, 0.15) is 12.5 Å². The Bertz CT molecular complexity index is 233. The molecule has 0 bridgehead atoms. The Balaban J connectivity index is 3.04. The molecule has 0 saturated carbocycles. The Morgan fingerprint density at radius 2 is 2.20 bits per heavy atom. The molecule has 0 amide bonds. The summed E-state index contributed by atoms with van der Waals surface area (Å²) in [6.45, 7) is 2.05. The number of hydrogen-bond donors (Lipinski definition) is 2. The van der Waals surface area contributed by atoms with Crippen LogP contribution in [0, 0.1) is 0 Å². The zero-order valence-electron chi connectivity index (χ0n) is 5.96. The third kappa shape index (κ3) is 1.21. The number of aromatic hydroxyl groups is 1. The zero-order chi connectivity index (χ0) is 7.56. The average molecular weight is 137 g/mol. The molecule has 0 aromatic heterocycles. The average Bonchev–Trinajstić information content (AvgIpc) is 1.95. The Labute approximate surface area is 60.3 Å². The van der Waals surface area contributed by atoms with E-state index in [2.05, 4.69) is 0 Å². The first-order chi connectivity index (χ1) is 4.74. The molecule has 0 unspecified atom stereocenters. The molecule has 2 nitrogen and oxygen atoms in total. The Hall–Kier alpha value is -1.18. The molecule has 0 aliphatic heterocycles. The third-order valence-electron chi connectivity index (χ3n) is 1.50. The lowest BCUT2D eigenvalue weighted by Gasteiger charge is -1.99. The monoisotopic (exact) mass is 137 g/mol. The molecule has 0 heterocycles. The summed E-state index contributed by atoms with van der Waals surface area (Å²) in [5, 5.41) is 9.01. The smallest absolute Gasteiger partial charge is 0.138 e. The number of phenols is 1. The largest absolute Gasteiger partial charge is 0.506 e. The van der Waals surface area contributed by atoms with Gasteiger partial charge in [-0.15, -0.1) is 0 Å². The second kappa shape index (κ2) is 2.60. The minimum Gasteiger partial charge on any atom is -0.506 e. The minimum absolute atomic E-state index is 0.164. The van der Waals surface area contributed by atoms with Crippen molar-refractivity contribution < 1.29 is 5.11 Å². The summed E-state index contributed by atoms with van der Waals surface area (Å²) in [5.41, 5.74) is 7.05. The Morgan fingerprint density at radius 3 is 2.70 bits per heavy atom. The molecule has 2 heteroatoms. The van der Waals surface area contributed by atoms with Crippen LogP contribution in [0.5, 0.6) is 5.75 Å². The van der Waals surface area contributed by atoms with Gasteiger partial charge in [0.15, 0.2) is 0 Å². The quantitative estimate of drug-likeness (QED) is 0.455. The van der Waals surface area contributed by atoms with Crippen molar-refractivity contribution in [3.05, 3.63) is 23.8 Å². The van der Waals surface area contributed by atoms with Crippen molar-refractivity contribution in [1.82, 2.24) is 0 Å². The lowest BCUT2D eigenvalue weighted by atomic mass is 10.1. The highest BCUT2D eigenvalue weighted by Crippen LogP contribution is 2.20. The van der Waals surface area contributed by atoms with E-state index in [0.29, 0.717) is 5.69 Å². The second-order valence-corrected chi connectivity index (χ2v) is 2.25. The third-order valence-corrected chi connectivity index (χ3v) is 1.50. The number of rotatable bonds is 1. The van der Waals surface area contributed by atoms with Crippen molar-refractivity contribution in [3.8, 4) is 5.75 Å². The fraction of sp³-hybridized carbons (Fsp3) is 0.250. The summed E-state index contributed by atoms with van der Waals surface area (Å²) < 4.78 is 0. The number of nitrogen functional groups attached to an aromatic ring is 1. The number of nitrogens with two attached hydrogens (primary N) is 1. The molecule has 10 heavy (non-hydrogen) atoms. The number of aryl methyl sites for hydroxylation is 1. The molecule has 54 valence electrons. The SMILES string of the molecule is CCc1ccc(O)c(N)c1. The zero-order valence-corrected chi connectivity index (χ0v) is 5.96. The van der Waals surface area contributed by atoms with Gasteiger partial charge in [-0.25, -0.2) is 0 Å². The molecule has 3 N–H and O–H groups in total. The topological polar surface area (TPSA) is 46.2 Å². The van der Waals surface area contributed by atoms with Crippen LogP contribution in [0.3, 0.4) is 0 Å². The van der Waals surface area contributed by atoms with Crippen LogP contribution in [-0.2, 0) is 6.42 Å². The lowest BCUT2D eigenvalue weighted by molar-refractivity contribution is 0.478. The van der Waals surface area contributed by atoms with E-state index in [0.717, 1.165) is 12.0 Å². The van der Waals surface area contributed by atoms with Gasteiger partial charge in [0.2, 0.25) is 0 Å². The summed E-state index contributed by atoms with van der Waals surface area (Å²) in [7, 11) is 0. The molecule has 0 saturated heterocycles. The molecular formula is C8H11NO. The molecule has 1 aromatic carbocycles. The van der Waals surface area contributed by atoms with E-state index in [-0.39, 0.29) is 5.75 Å². The molecular weight excluding hydrogens is 126 g/mol. The van der Waals surface area contributed by atoms with Gasteiger partial charge in [-0.1, -0.05) is 13.0 Å². The summed E-state index contributed by atoms with van der Waals surface area (Å²) >= 11 is 0. The molecule has 1 aromatic rings. The van der Waals surface area contributed by atoms with Crippen LogP contribution in [0.2, 0.25) is 0 Å². The van der Waals surface area contributed by atoms with Crippen molar-refractivity contribution in [1.29, 1.82) is 0 Å². The standard InChI is InChI=1S/C8H11NO/c1-2-6-3-4-8(10)7(9)5-6/h3-5,10H,2,9H2,1H3. The van der Waals surface area contributed by atoms with E-state index in [1.807, 2.05) is 13.0 Å². The van der Waals surface area contributed by atoms with Gasteiger partial charge < -0.3 is 10.8 Å². The summed E-state index contributed by atoms with van der Waals surface area (Å²) in [6.07, 6.45) is 0.949. The first-order valence-corrected chi connectivity index (χ1v) is 3.31. The van der Waals surface area contributed by atoms with Crippen molar-refractivity contribution in [3.63, 3.8) is 0 Å². The molecule has 0 aliphatic carbocycles. The maximum Gasteiger partial charge on any atom is 0.138 e. The van der Waals surface area contributed by atoms with Gasteiger partial charge in [-0.05, 0) is 24.1 Å². The van der Waals surface area contributed by atoms with Crippen molar-refractivity contribution >= 4 is 5.69 Å². The van der Waals surface area contributed by atoms with Crippen molar-refractivity contribution in [2.45, 2.75) is 13.3 Å². The highest BCUT2D eigenvalue weighted by atomic mass is 16.3. The summed E-state index contributed by atoms with van der Waals surface area (Å²) in [6, 6.07) is 5.27. The van der Waals surface area contributed by atoms with Crippen LogP contribution in [0.4, 0.5) is 5.69 Å². The molecule has 0 radical (unpaired) electrons. The van der Waals surface area contributed by atoms with E-state index in [4.69, 9.17) is 10.8 Å². The molecule has 0 spiro atoms. The van der Waals surface area contributed by atoms with Crippen LogP contribution in [0.25, 0.3) is 0 Å². The van der Waals surface area contributed by atoms with Gasteiger partial charge in [-0.2, -0.15) is 0 Å². The first kappa shape index (κ1) is 6.93. The second-order valence-electron chi connectivity index (χ2n) is 2.25. The van der Waals surface area contributed by atoms with E-state index < -0.39 is 0 Å². The van der Waals surface area contributed by atoms with E-state index in [9.17, 15) is 0 Å². The molecule has 1 rings (SSSR count). The highest BCUT2D eigenvalue weighted by Gasteiger charge is 1.95. The minimum atomic E-state index is 0.164. The number of benzene rings is 1. The predicted molar refractivity (Wildman–Crippen MR) is 41.9 cm³/mol. The predicted octanol–water partition coefficient (Wildman–Crippen LogP) is 1.54. The van der Waals surface area contributed by atoms with Gasteiger partial charge in [0, 0.05) is 0 Å². The number of anilines is 1. The Kier molecular flexibility index (Phi) is 1.81. The van der Waals surface area contributed by atoms with Crippen LogP contribution < -0.4 is 5.73 Å². The van der Waals surface area contributed by atoms with Gasteiger partial charge >= 0.3 is 0 Å².